The van der Waals surface area contributed by atoms with Crippen LogP contribution < -0.4 is 0 Å². The first-order chi connectivity index (χ1) is 8.00. The second-order valence-corrected chi connectivity index (χ2v) is 4.20. The summed E-state index contributed by atoms with van der Waals surface area (Å²) in [4.78, 5) is 26.9. The van der Waals surface area contributed by atoms with Crippen LogP contribution in [0.5, 0.6) is 0 Å². The number of aliphatic carboxylic acids is 1. The Morgan fingerprint density at radius 2 is 2.24 bits per heavy atom. The van der Waals surface area contributed by atoms with Gasteiger partial charge in [0.05, 0.1) is 6.42 Å². The predicted octanol–water partition coefficient (Wildman–Crippen LogP) is 1.13. The molecule has 0 bridgehead atoms. The molecule has 94 valence electrons. The number of hydrogen-bond acceptors (Lipinski definition) is 2. The molecule has 1 amide bonds. The Hall–Kier alpha value is -1.78. The summed E-state index contributed by atoms with van der Waals surface area (Å²) in [5.41, 5.74) is 1.07. The van der Waals surface area contributed by atoms with Crippen LogP contribution in [0.4, 0.5) is 0 Å². The maximum Gasteiger partial charge on any atom is 0.304 e. The van der Waals surface area contributed by atoms with Gasteiger partial charge in [0.15, 0.2) is 0 Å². The Bertz CT molecular complexity index is 373. The van der Waals surface area contributed by atoms with Gasteiger partial charge < -0.3 is 15.0 Å². The van der Waals surface area contributed by atoms with Crippen molar-refractivity contribution in [2.75, 3.05) is 13.6 Å². The summed E-state index contributed by atoms with van der Waals surface area (Å²) in [6, 6.07) is 3.86. The Morgan fingerprint density at radius 1 is 1.53 bits per heavy atom. The molecule has 1 atom stereocenters. The van der Waals surface area contributed by atoms with Crippen molar-refractivity contribution in [1.82, 2.24) is 9.88 Å². The van der Waals surface area contributed by atoms with Gasteiger partial charge in [0.1, 0.15) is 0 Å². The first-order valence-electron chi connectivity index (χ1n) is 5.59. The summed E-state index contributed by atoms with van der Waals surface area (Å²) in [5, 5.41) is 8.62. The van der Waals surface area contributed by atoms with E-state index in [2.05, 4.69) is 4.98 Å². The van der Waals surface area contributed by atoms with E-state index in [0.29, 0.717) is 6.54 Å². The van der Waals surface area contributed by atoms with Gasteiger partial charge in [0.2, 0.25) is 5.91 Å². The van der Waals surface area contributed by atoms with E-state index in [4.69, 9.17) is 5.11 Å². The van der Waals surface area contributed by atoms with Crippen molar-refractivity contribution in [2.24, 2.45) is 5.92 Å². The van der Waals surface area contributed by atoms with E-state index in [0.717, 1.165) is 12.1 Å². The molecule has 5 nitrogen and oxygen atoms in total. The number of aromatic nitrogens is 1. The molecule has 5 heteroatoms. The fourth-order valence-electron chi connectivity index (χ4n) is 1.65. The van der Waals surface area contributed by atoms with Crippen molar-refractivity contribution in [3.05, 3.63) is 24.0 Å². The second-order valence-electron chi connectivity index (χ2n) is 4.20. The van der Waals surface area contributed by atoms with Crippen LogP contribution in [0.25, 0.3) is 0 Å². The summed E-state index contributed by atoms with van der Waals surface area (Å²) in [5.74, 6) is -1.54. The van der Waals surface area contributed by atoms with E-state index >= 15 is 0 Å². The molecule has 1 heterocycles. The van der Waals surface area contributed by atoms with Gasteiger partial charge >= 0.3 is 5.97 Å². The highest BCUT2D eigenvalue weighted by molar-refractivity contribution is 5.82. The summed E-state index contributed by atoms with van der Waals surface area (Å²) in [6.45, 7) is 2.23. The second kappa shape index (κ2) is 6.08. The van der Waals surface area contributed by atoms with Crippen molar-refractivity contribution >= 4 is 11.9 Å². The molecule has 1 aromatic rings. The Kier molecular flexibility index (Phi) is 4.75. The van der Waals surface area contributed by atoms with Gasteiger partial charge in [0.25, 0.3) is 0 Å². The third-order valence-electron chi connectivity index (χ3n) is 2.66. The van der Waals surface area contributed by atoms with Crippen LogP contribution in [-0.4, -0.2) is 40.5 Å². The zero-order chi connectivity index (χ0) is 12.8. The number of H-pyrrole nitrogens is 1. The fourth-order valence-corrected chi connectivity index (χ4v) is 1.65. The monoisotopic (exact) mass is 238 g/mol. The molecule has 0 aliphatic carbocycles. The van der Waals surface area contributed by atoms with Crippen LogP contribution in [0, 0.1) is 5.92 Å². The third kappa shape index (κ3) is 4.30. The number of carboxylic acids is 1. The summed E-state index contributed by atoms with van der Waals surface area (Å²) in [6.07, 6.45) is 2.46. The van der Waals surface area contributed by atoms with E-state index in [1.54, 1.807) is 18.9 Å². The summed E-state index contributed by atoms with van der Waals surface area (Å²) in [7, 11) is 1.70. The molecule has 0 spiro atoms. The number of aromatic amines is 1. The summed E-state index contributed by atoms with van der Waals surface area (Å²) >= 11 is 0. The molecule has 0 aliphatic rings. The first-order valence-corrected chi connectivity index (χ1v) is 5.59. The Labute approximate surface area is 100 Å². The molecule has 0 radical (unpaired) electrons. The van der Waals surface area contributed by atoms with Crippen LogP contribution in [0.2, 0.25) is 0 Å². The molecule has 0 aliphatic heterocycles. The predicted molar refractivity (Wildman–Crippen MR) is 63.6 cm³/mol. The van der Waals surface area contributed by atoms with Gasteiger partial charge in [-0.25, -0.2) is 0 Å². The van der Waals surface area contributed by atoms with Crippen LogP contribution in [0.15, 0.2) is 18.3 Å². The quantitative estimate of drug-likeness (QED) is 0.780. The van der Waals surface area contributed by atoms with E-state index < -0.39 is 11.9 Å². The Morgan fingerprint density at radius 3 is 2.76 bits per heavy atom. The normalized spacial score (nSPS) is 12.1. The van der Waals surface area contributed by atoms with Crippen molar-refractivity contribution < 1.29 is 14.7 Å². The van der Waals surface area contributed by atoms with Crippen molar-refractivity contribution in [2.45, 2.75) is 19.8 Å². The third-order valence-corrected chi connectivity index (χ3v) is 2.66. The molecular weight excluding hydrogens is 220 g/mol. The number of nitrogens with zero attached hydrogens (tertiary/aromatic N) is 1. The van der Waals surface area contributed by atoms with Gasteiger partial charge in [-0.15, -0.1) is 0 Å². The standard InChI is InChI=1S/C12H18N2O3/c1-9(8-11(15)16)12(17)14(2)7-5-10-4-3-6-13-10/h3-4,6,9,13H,5,7-8H2,1-2H3,(H,15,16). The van der Waals surface area contributed by atoms with Crippen LogP contribution in [0.1, 0.15) is 19.0 Å². The van der Waals surface area contributed by atoms with E-state index in [1.807, 2.05) is 18.3 Å². The summed E-state index contributed by atoms with van der Waals surface area (Å²) < 4.78 is 0. The number of rotatable bonds is 6. The highest BCUT2D eigenvalue weighted by Gasteiger charge is 2.19. The topological polar surface area (TPSA) is 73.4 Å². The molecule has 0 saturated heterocycles. The number of hydrogen-bond donors (Lipinski definition) is 2. The molecule has 17 heavy (non-hydrogen) atoms. The minimum absolute atomic E-state index is 0.119. The molecule has 2 N–H and O–H groups in total. The van der Waals surface area contributed by atoms with E-state index in [9.17, 15) is 9.59 Å². The maximum absolute atomic E-state index is 11.8. The molecule has 1 rings (SSSR count). The number of carbonyl (C=O) groups excluding carboxylic acids is 1. The van der Waals surface area contributed by atoms with Gasteiger partial charge in [0, 0.05) is 37.8 Å². The van der Waals surface area contributed by atoms with E-state index in [-0.39, 0.29) is 12.3 Å². The molecule has 1 unspecified atom stereocenters. The van der Waals surface area contributed by atoms with Gasteiger partial charge in [-0.2, -0.15) is 0 Å². The average Bonchev–Trinajstić information content (AvgIpc) is 2.76. The average molecular weight is 238 g/mol. The number of amides is 1. The SMILES string of the molecule is CC(CC(=O)O)C(=O)N(C)CCc1ccc[nH]1. The van der Waals surface area contributed by atoms with Gasteiger partial charge in [-0.05, 0) is 12.1 Å². The lowest BCUT2D eigenvalue weighted by Crippen LogP contribution is -2.34. The molecule has 0 aromatic carbocycles. The minimum Gasteiger partial charge on any atom is -0.481 e. The number of carboxylic acid groups (broad SMARTS) is 1. The number of nitrogens with one attached hydrogen (secondary N) is 1. The highest BCUT2D eigenvalue weighted by Crippen LogP contribution is 2.07. The lowest BCUT2D eigenvalue weighted by atomic mass is 10.1. The maximum atomic E-state index is 11.8. The minimum atomic E-state index is -0.941. The Balaban J connectivity index is 2.38. The number of carbonyl (C=O) groups is 2. The van der Waals surface area contributed by atoms with Crippen molar-refractivity contribution in [1.29, 1.82) is 0 Å². The van der Waals surface area contributed by atoms with Crippen LogP contribution >= 0.6 is 0 Å². The molecule has 0 fully saturated rings. The highest BCUT2D eigenvalue weighted by atomic mass is 16.4. The first kappa shape index (κ1) is 13.3. The lowest BCUT2D eigenvalue weighted by Gasteiger charge is -2.20. The molecule has 1 aromatic heterocycles. The van der Waals surface area contributed by atoms with Crippen molar-refractivity contribution in [3.8, 4) is 0 Å². The van der Waals surface area contributed by atoms with Crippen LogP contribution in [0.3, 0.4) is 0 Å². The fraction of sp³-hybridized carbons (Fsp3) is 0.500. The largest absolute Gasteiger partial charge is 0.481 e. The molecule has 0 saturated carbocycles. The van der Waals surface area contributed by atoms with E-state index in [1.165, 1.54) is 0 Å². The zero-order valence-electron chi connectivity index (χ0n) is 10.1. The van der Waals surface area contributed by atoms with Crippen molar-refractivity contribution in [3.63, 3.8) is 0 Å². The smallest absolute Gasteiger partial charge is 0.304 e. The number of likely N-dealkylation sites (N-methyl/N-ethyl adjacent to an activating group) is 1. The zero-order valence-corrected chi connectivity index (χ0v) is 10.1. The van der Waals surface area contributed by atoms with Crippen LogP contribution in [-0.2, 0) is 16.0 Å². The van der Waals surface area contributed by atoms with Gasteiger partial charge in [-0.1, -0.05) is 6.92 Å². The van der Waals surface area contributed by atoms with Gasteiger partial charge in [-0.3, -0.25) is 9.59 Å². The lowest BCUT2D eigenvalue weighted by molar-refractivity contribution is -0.143. The molecular formula is C12H18N2O3.